The Morgan fingerprint density at radius 3 is 2.40 bits per heavy atom. The van der Waals surface area contributed by atoms with Crippen LogP contribution < -0.4 is 4.74 Å². The molecule has 4 rings (SSSR count). The second-order valence-corrected chi connectivity index (χ2v) is 7.51. The zero-order valence-electron chi connectivity index (χ0n) is 16.7. The van der Waals surface area contributed by atoms with Crippen molar-refractivity contribution >= 4 is 33.6 Å². The van der Waals surface area contributed by atoms with Gasteiger partial charge in [-0.2, -0.15) is 0 Å². The Bertz CT molecular complexity index is 1320. The molecule has 0 atom stereocenters. The Hall–Kier alpha value is -3.67. The summed E-state index contributed by atoms with van der Waals surface area (Å²) >= 11 is 0. The number of nitrogens with one attached hydrogen (secondary N) is 1. The monoisotopic (exact) mass is 405 g/mol. The van der Waals surface area contributed by atoms with E-state index in [-0.39, 0.29) is 23.0 Å². The van der Waals surface area contributed by atoms with Gasteiger partial charge in [-0.25, -0.2) is 9.18 Å². The van der Waals surface area contributed by atoms with Gasteiger partial charge in [-0.15, -0.1) is 0 Å². The molecule has 0 saturated carbocycles. The second-order valence-electron chi connectivity index (χ2n) is 7.51. The highest BCUT2D eigenvalue weighted by atomic mass is 19.1. The number of Topliss-reactive ketones (excluding diaryl/α,β-unsaturated/α-hetero) is 1. The maximum atomic E-state index is 14.3. The number of carboxylic acids is 1. The first-order chi connectivity index (χ1) is 14.3. The fraction of sp³-hybridized carbons (Fsp3) is 0.167. The minimum absolute atomic E-state index is 0.0548. The number of hydrogen-bond donors (Lipinski definition) is 2. The second kappa shape index (κ2) is 7.30. The molecule has 1 heterocycles. The van der Waals surface area contributed by atoms with Gasteiger partial charge in [0.15, 0.2) is 17.3 Å². The number of aromatic carboxylic acids is 1. The van der Waals surface area contributed by atoms with Crippen LogP contribution in [-0.2, 0) is 0 Å². The van der Waals surface area contributed by atoms with Crippen molar-refractivity contribution in [3.05, 3.63) is 65.5 Å². The van der Waals surface area contributed by atoms with E-state index in [1.807, 2.05) is 19.9 Å². The number of ether oxygens (including phenoxy) is 1. The van der Waals surface area contributed by atoms with E-state index in [1.54, 1.807) is 24.3 Å². The van der Waals surface area contributed by atoms with E-state index in [0.29, 0.717) is 33.0 Å². The lowest BCUT2D eigenvalue weighted by atomic mass is 9.93. The highest BCUT2D eigenvalue weighted by Crippen LogP contribution is 2.35. The molecule has 30 heavy (non-hydrogen) atoms. The number of fused-ring (bicyclic) bond motifs is 3. The molecule has 3 aromatic carbocycles. The molecular weight excluding hydrogens is 385 g/mol. The number of carboxylic acid groups (broad SMARTS) is 1. The maximum absolute atomic E-state index is 14.3. The van der Waals surface area contributed by atoms with E-state index in [9.17, 15) is 19.1 Å². The molecule has 6 heteroatoms. The Labute approximate surface area is 172 Å². The molecule has 0 radical (unpaired) electrons. The molecule has 0 aliphatic rings. The van der Waals surface area contributed by atoms with Crippen molar-refractivity contribution in [2.24, 2.45) is 5.92 Å². The van der Waals surface area contributed by atoms with Gasteiger partial charge < -0.3 is 14.8 Å². The summed E-state index contributed by atoms with van der Waals surface area (Å²) in [6, 6.07) is 13.0. The predicted octanol–water partition coefficient (Wildman–Crippen LogP) is 5.67. The Balaban J connectivity index is 2.05. The molecule has 5 nitrogen and oxygen atoms in total. The van der Waals surface area contributed by atoms with E-state index in [0.717, 1.165) is 5.52 Å². The molecule has 0 bridgehead atoms. The van der Waals surface area contributed by atoms with Crippen LogP contribution >= 0.6 is 0 Å². The Morgan fingerprint density at radius 2 is 1.77 bits per heavy atom. The fourth-order valence-corrected chi connectivity index (χ4v) is 3.65. The summed E-state index contributed by atoms with van der Waals surface area (Å²) in [6.07, 6.45) is 0. The zero-order valence-corrected chi connectivity index (χ0v) is 16.7. The highest BCUT2D eigenvalue weighted by Gasteiger charge is 2.20. The molecule has 1 aromatic heterocycles. The average molecular weight is 405 g/mol. The largest absolute Gasteiger partial charge is 0.494 e. The van der Waals surface area contributed by atoms with Gasteiger partial charge in [0.2, 0.25) is 0 Å². The highest BCUT2D eigenvalue weighted by molar-refractivity contribution is 6.18. The summed E-state index contributed by atoms with van der Waals surface area (Å²) in [4.78, 5) is 27.6. The van der Waals surface area contributed by atoms with Crippen LogP contribution in [0.4, 0.5) is 4.39 Å². The number of H-pyrrole nitrogens is 1. The first-order valence-corrected chi connectivity index (χ1v) is 9.51. The molecule has 0 fully saturated rings. The quantitative estimate of drug-likeness (QED) is 0.419. The van der Waals surface area contributed by atoms with Gasteiger partial charge in [-0.1, -0.05) is 19.9 Å². The SMILES string of the molecule is COc1ccc(-c2cc(C(=O)C(C)C)c3[nH]c4ccc(C(=O)O)cc4c3c2)cc1F. The van der Waals surface area contributed by atoms with Crippen molar-refractivity contribution in [3.63, 3.8) is 0 Å². The van der Waals surface area contributed by atoms with Gasteiger partial charge in [0.05, 0.1) is 18.2 Å². The van der Waals surface area contributed by atoms with Crippen molar-refractivity contribution < 1.29 is 23.8 Å². The lowest BCUT2D eigenvalue weighted by Crippen LogP contribution is -2.08. The first kappa shape index (κ1) is 19.6. The van der Waals surface area contributed by atoms with Crippen LogP contribution in [0.1, 0.15) is 34.6 Å². The molecule has 0 saturated heterocycles. The number of carbonyl (C=O) groups is 2. The number of methoxy groups -OCH3 is 1. The van der Waals surface area contributed by atoms with Gasteiger partial charge in [-0.3, -0.25) is 4.79 Å². The van der Waals surface area contributed by atoms with Crippen molar-refractivity contribution in [3.8, 4) is 16.9 Å². The normalized spacial score (nSPS) is 11.4. The topological polar surface area (TPSA) is 79.4 Å². The van der Waals surface area contributed by atoms with Crippen molar-refractivity contribution in [2.75, 3.05) is 7.11 Å². The standard InChI is InChI=1S/C24H20FNO4/c1-12(2)23(27)18-10-15(13-5-7-21(30-3)19(25)11-13)9-17-16-8-14(24(28)29)4-6-20(16)26-22(17)18/h4-12,26H,1-3H3,(H,28,29). The molecule has 0 unspecified atom stereocenters. The number of aromatic nitrogens is 1. The van der Waals surface area contributed by atoms with Gasteiger partial charge >= 0.3 is 5.97 Å². The number of benzene rings is 3. The Kier molecular flexibility index (Phi) is 4.78. The summed E-state index contributed by atoms with van der Waals surface area (Å²) in [5.74, 6) is -1.69. The van der Waals surface area contributed by atoms with Gasteiger partial charge in [0, 0.05) is 27.8 Å². The van der Waals surface area contributed by atoms with Crippen LogP contribution in [0.2, 0.25) is 0 Å². The molecule has 0 aliphatic heterocycles. The lowest BCUT2D eigenvalue weighted by Gasteiger charge is -2.11. The maximum Gasteiger partial charge on any atom is 0.335 e. The molecule has 152 valence electrons. The first-order valence-electron chi connectivity index (χ1n) is 9.51. The minimum Gasteiger partial charge on any atom is -0.494 e. The predicted molar refractivity (Wildman–Crippen MR) is 114 cm³/mol. The third kappa shape index (κ3) is 3.20. The van der Waals surface area contributed by atoms with Crippen LogP contribution in [0.25, 0.3) is 32.9 Å². The molecule has 0 spiro atoms. The number of ketones is 1. The van der Waals surface area contributed by atoms with Gasteiger partial charge in [0.1, 0.15) is 0 Å². The summed E-state index contributed by atoms with van der Waals surface area (Å²) in [6.45, 7) is 3.64. The summed E-state index contributed by atoms with van der Waals surface area (Å²) in [5, 5.41) is 10.8. The van der Waals surface area contributed by atoms with Crippen molar-refractivity contribution in [1.29, 1.82) is 0 Å². The molecular formula is C24H20FNO4. The number of carbonyl (C=O) groups excluding carboxylic acids is 1. The molecule has 0 amide bonds. The van der Waals surface area contributed by atoms with E-state index < -0.39 is 11.8 Å². The summed E-state index contributed by atoms with van der Waals surface area (Å²) in [7, 11) is 1.40. The fourth-order valence-electron chi connectivity index (χ4n) is 3.65. The van der Waals surface area contributed by atoms with Crippen LogP contribution in [0, 0.1) is 11.7 Å². The van der Waals surface area contributed by atoms with E-state index in [4.69, 9.17) is 4.74 Å². The van der Waals surface area contributed by atoms with Crippen LogP contribution in [0.5, 0.6) is 5.75 Å². The summed E-state index contributed by atoms with van der Waals surface area (Å²) < 4.78 is 19.3. The van der Waals surface area contributed by atoms with Gasteiger partial charge in [-0.05, 0) is 53.6 Å². The van der Waals surface area contributed by atoms with Crippen LogP contribution in [0.3, 0.4) is 0 Å². The number of halogens is 1. The molecule has 2 N–H and O–H groups in total. The Morgan fingerprint density at radius 1 is 1.00 bits per heavy atom. The molecule has 4 aromatic rings. The van der Waals surface area contributed by atoms with Crippen molar-refractivity contribution in [1.82, 2.24) is 4.98 Å². The van der Waals surface area contributed by atoms with Crippen LogP contribution in [-0.4, -0.2) is 29.0 Å². The van der Waals surface area contributed by atoms with Gasteiger partial charge in [0.25, 0.3) is 0 Å². The smallest absolute Gasteiger partial charge is 0.335 e. The number of aromatic amines is 1. The lowest BCUT2D eigenvalue weighted by molar-refractivity contribution is 0.0696. The number of rotatable bonds is 5. The molecule has 0 aliphatic carbocycles. The number of hydrogen-bond acceptors (Lipinski definition) is 3. The van der Waals surface area contributed by atoms with Crippen molar-refractivity contribution in [2.45, 2.75) is 13.8 Å². The minimum atomic E-state index is -1.03. The van der Waals surface area contributed by atoms with Crippen LogP contribution in [0.15, 0.2) is 48.5 Å². The zero-order chi connectivity index (χ0) is 21.6. The summed E-state index contributed by atoms with van der Waals surface area (Å²) in [5.41, 5.74) is 3.27. The third-order valence-electron chi connectivity index (χ3n) is 5.23. The average Bonchev–Trinajstić information content (AvgIpc) is 3.10. The van der Waals surface area contributed by atoms with E-state index >= 15 is 0 Å². The third-order valence-corrected chi connectivity index (χ3v) is 5.23. The van der Waals surface area contributed by atoms with E-state index in [2.05, 4.69) is 4.98 Å². The van der Waals surface area contributed by atoms with E-state index in [1.165, 1.54) is 25.3 Å².